The Balaban J connectivity index is 1.47. The number of piperidine rings is 1. The molecule has 0 aromatic heterocycles. The van der Waals surface area contributed by atoms with Gasteiger partial charge in [0.1, 0.15) is 17.9 Å². The zero-order valence-electron chi connectivity index (χ0n) is 17.5. The highest BCUT2D eigenvalue weighted by Crippen LogP contribution is 2.29. The minimum atomic E-state index is -0.717. The van der Waals surface area contributed by atoms with Crippen molar-refractivity contribution in [3.05, 3.63) is 72.3 Å². The summed E-state index contributed by atoms with van der Waals surface area (Å²) in [6.45, 7) is 1.52. The van der Waals surface area contributed by atoms with Gasteiger partial charge in [-0.25, -0.2) is 5.48 Å². The maximum atomic E-state index is 13.4. The fourth-order valence-corrected chi connectivity index (χ4v) is 4.47. The van der Waals surface area contributed by atoms with Crippen LogP contribution in [0.25, 0.3) is 5.57 Å². The molecule has 3 atom stereocenters. The lowest BCUT2D eigenvalue weighted by atomic mass is 9.86. The fourth-order valence-electron chi connectivity index (χ4n) is 4.47. The van der Waals surface area contributed by atoms with E-state index in [9.17, 15) is 14.8 Å². The first-order valence-electron chi connectivity index (χ1n) is 10.5. The highest BCUT2D eigenvalue weighted by molar-refractivity contribution is 5.91. The number of rotatable bonds is 5. The first kappa shape index (κ1) is 21.1. The van der Waals surface area contributed by atoms with Crippen molar-refractivity contribution in [1.82, 2.24) is 15.3 Å². The van der Waals surface area contributed by atoms with Crippen LogP contribution in [0.4, 0.5) is 0 Å². The van der Waals surface area contributed by atoms with Crippen molar-refractivity contribution in [2.75, 3.05) is 26.7 Å². The highest BCUT2D eigenvalue weighted by Gasteiger charge is 2.45. The van der Waals surface area contributed by atoms with Crippen LogP contribution in [0.3, 0.4) is 0 Å². The molecule has 0 aliphatic carbocycles. The second kappa shape index (κ2) is 9.32. The van der Waals surface area contributed by atoms with E-state index in [1.54, 1.807) is 10.4 Å². The Morgan fingerprint density at radius 1 is 1.06 bits per heavy atom. The largest absolute Gasteiger partial charge is 0.489 e. The van der Waals surface area contributed by atoms with Crippen LogP contribution in [0.15, 0.2) is 66.7 Å². The second-order valence-corrected chi connectivity index (χ2v) is 8.07. The standard InChI is InChI=1S/C24H27N3O4/c1-26-16-20(31-19-10-6-3-7-11-19)14-21(23(28)25-30)22(26)24(29)27-13-12-18(15-27)17-8-4-2-5-9-17/h2-12,20-22,30H,13-16H2,1H3,(H,25,28)/t20-,21-,22-/m0/s1. The molecule has 162 valence electrons. The van der Waals surface area contributed by atoms with E-state index in [-0.39, 0.29) is 12.0 Å². The van der Waals surface area contributed by atoms with Crippen LogP contribution in [0.2, 0.25) is 0 Å². The van der Waals surface area contributed by atoms with Gasteiger partial charge in [0.05, 0.1) is 5.92 Å². The van der Waals surface area contributed by atoms with E-state index in [1.807, 2.05) is 72.6 Å². The summed E-state index contributed by atoms with van der Waals surface area (Å²) in [5.41, 5.74) is 3.94. The molecule has 0 saturated carbocycles. The average Bonchev–Trinajstić information content (AvgIpc) is 3.29. The lowest BCUT2D eigenvalue weighted by molar-refractivity contribution is -0.150. The third-order valence-corrected chi connectivity index (χ3v) is 5.99. The predicted octanol–water partition coefficient (Wildman–Crippen LogP) is 2.19. The molecule has 31 heavy (non-hydrogen) atoms. The van der Waals surface area contributed by atoms with Gasteiger partial charge in [0.15, 0.2) is 0 Å². The Bertz CT molecular complexity index is 948. The van der Waals surface area contributed by atoms with Crippen molar-refractivity contribution in [2.45, 2.75) is 18.6 Å². The number of carbonyl (C=O) groups excluding carboxylic acids is 2. The molecule has 4 rings (SSSR count). The molecule has 0 spiro atoms. The molecule has 0 bridgehead atoms. The molecule has 2 aliphatic heterocycles. The Morgan fingerprint density at radius 3 is 2.42 bits per heavy atom. The Labute approximate surface area is 181 Å². The molecule has 2 heterocycles. The summed E-state index contributed by atoms with van der Waals surface area (Å²) in [6, 6.07) is 18.7. The van der Waals surface area contributed by atoms with Crippen molar-refractivity contribution >= 4 is 17.4 Å². The summed E-state index contributed by atoms with van der Waals surface area (Å²) in [5, 5.41) is 9.31. The number of hydrogen-bond donors (Lipinski definition) is 2. The Hall–Kier alpha value is -3.16. The summed E-state index contributed by atoms with van der Waals surface area (Å²) in [7, 11) is 1.82. The van der Waals surface area contributed by atoms with Crippen molar-refractivity contribution < 1.29 is 19.5 Å². The third kappa shape index (κ3) is 4.62. The molecular formula is C24H27N3O4. The van der Waals surface area contributed by atoms with Gasteiger partial charge in [-0.1, -0.05) is 54.6 Å². The number of likely N-dealkylation sites (tertiary alicyclic amines) is 1. The fraction of sp³-hybridized carbons (Fsp3) is 0.333. The summed E-state index contributed by atoms with van der Waals surface area (Å²) in [6.07, 6.45) is 2.13. The maximum absolute atomic E-state index is 13.4. The third-order valence-electron chi connectivity index (χ3n) is 5.99. The van der Waals surface area contributed by atoms with Gasteiger partial charge in [-0.05, 0) is 36.7 Å². The maximum Gasteiger partial charge on any atom is 0.248 e. The first-order valence-corrected chi connectivity index (χ1v) is 10.5. The molecular weight excluding hydrogens is 394 g/mol. The van der Waals surface area contributed by atoms with Crippen LogP contribution in [0.1, 0.15) is 12.0 Å². The molecule has 1 saturated heterocycles. The minimum absolute atomic E-state index is 0.114. The summed E-state index contributed by atoms with van der Waals surface area (Å²) in [5.74, 6) is -0.686. The molecule has 2 aromatic carbocycles. The molecule has 0 radical (unpaired) electrons. The molecule has 2 N–H and O–H groups in total. The molecule has 7 nitrogen and oxygen atoms in total. The zero-order chi connectivity index (χ0) is 21.8. The number of amides is 2. The number of para-hydroxylation sites is 1. The monoisotopic (exact) mass is 421 g/mol. The van der Waals surface area contributed by atoms with Crippen molar-refractivity contribution in [2.24, 2.45) is 5.92 Å². The van der Waals surface area contributed by atoms with Crippen molar-refractivity contribution in [3.8, 4) is 5.75 Å². The number of carbonyl (C=O) groups is 2. The zero-order valence-corrected chi connectivity index (χ0v) is 17.5. The van der Waals surface area contributed by atoms with Gasteiger partial charge in [-0.15, -0.1) is 0 Å². The van der Waals surface area contributed by atoms with E-state index < -0.39 is 17.9 Å². The Morgan fingerprint density at radius 2 is 1.74 bits per heavy atom. The average molecular weight is 421 g/mol. The van der Waals surface area contributed by atoms with Crippen LogP contribution < -0.4 is 10.2 Å². The smallest absolute Gasteiger partial charge is 0.248 e. The summed E-state index contributed by atoms with van der Waals surface area (Å²) >= 11 is 0. The van der Waals surface area contributed by atoms with E-state index >= 15 is 0 Å². The molecule has 0 unspecified atom stereocenters. The molecule has 2 amide bonds. The lowest BCUT2D eigenvalue weighted by Crippen LogP contribution is -2.60. The van der Waals surface area contributed by atoms with E-state index in [1.165, 1.54) is 0 Å². The van der Waals surface area contributed by atoms with Gasteiger partial charge in [0, 0.05) is 19.6 Å². The quantitative estimate of drug-likeness (QED) is 0.571. The number of likely N-dealkylation sites (N-methyl/N-ethyl adjacent to an activating group) is 1. The Kier molecular flexibility index (Phi) is 6.34. The highest BCUT2D eigenvalue weighted by atomic mass is 16.5. The van der Waals surface area contributed by atoms with Crippen molar-refractivity contribution in [3.63, 3.8) is 0 Å². The molecule has 1 fully saturated rings. The second-order valence-electron chi connectivity index (χ2n) is 8.07. The number of hydrogen-bond acceptors (Lipinski definition) is 5. The van der Waals surface area contributed by atoms with E-state index in [0.29, 0.717) is 31.8 Å². The van der Waals surface area contributed by atoms with E-state index in [4.69, 9.17) is 4.74 Å². The van der Waals surface area contributed by atoms with Gasteiger partial charge in [0.2, 0.25) is 11.8 Å². The lowest BCUT2D eigenvalue weighted by Gasteiger charge is -2.42. The molecule has 2 aromatic rings. The number of hydroxylamine groups is 1. The van der Waals surface area contributed by atoms with Crippen LogP contribution >= 0.6 is 0 Å². The number of ether oxygens (including phenoxy) is 1. The van der Waals surface area contributed by atoms with Crippen LogP contribution in [0, 0.1) is 5.92 Å². The van der Waals surface area contributed by atoms with Crippen LogP contribution in [0.5, 0.6) is 5.75 Å². The summed E-state index contributed by atoms with van der Waals surface area (Å²) in [4.78, 5) is 29.6. The SMILES string of the molecule is CN1C[C@@H](Oc2ccccc2)C[C@H](C(=O)NO)[C@H]1C(=O)N1CC=C(c2ccccc2)C1. The van der Waals surface area contributed by atoms with Gasteiger partial charge in [0.25, 0.3) is 0 Å². The van der Waals surface area contributed by atoms with Gasteiger partial charge in [-0.2, -0.15) is 0 Å². The molecule has 7 heteroatoms. The van der Waals surface area contributed by atoms with Crippen LogP contribution in [-0.2, 0) is 9.59 Å². The predicted molar refractivity (Wildman–Crippen MR) is 116 cm³/mol. The van der Waals surface area contributed by atoms with Gasteiger partial charge in [-0.3, -0.25) is 19.7 Å². The number of benzene rings is 2. The first-order chi connectivity index (χ1) is 15.1. The minimum Gasteiger partial charge on any atom is -0.489 e. The van der Waals surface area contributed by atoms with E-state index in [2.05, 4.69) is 6.08 Å². The summed E-state index contributed by atoms with van der Waals surface area (Å²) < 4.78 is 6.04. The van der Waals surface area contributed by atoms with E-state index in [0.717, 1.165) is 11.1 Å². The normalized spacial score (nSPS) is 23.9. The van der Waals surface area contributed by atoms with Crippen LogP contribution in [-0.4, -0.2) is 65.6 Å². The van der Waals surface area contributed by atoms with Crippen molar-refractivity contribution in [1.29, 1.82) is 0 Å². The van der Waals surface area contributed by atoms with Gasteiger partial charge >= 0.3 is 0 Å². The number of nitrogens with one attached hydrogen (secondary N) is 1. The number of nitrogens with zero attached hydrogens (tertiary/aromatic N) is 2. The van der Waals surface area contributed by atoms with Gasteiger partial charge < -0.3 is 9.64 Å². The molecule has 2 aliphatic rings. The topological polar surface area (TPSA) is 82.1 Å².